The van der Waals surface area contributed by atoms with Crippen LogP contribution in [0.2, 0.25) is 0 Å². The predicted molar refractivity (Wildman–Crippen MR) is 321 cm³/mol. The molecule has 0 heterocycles. The topological polar surface area (TPSA) is 134 Å². The van der Waals surface area contributed by atoms with Crippen LogP contribution in [-0.4, -0.2) is 49.3 Å². The number of unbranched alkanes of at least 4 members (excludes halogenated alkanes) is 34. The van der Waals surface area contributed by atoms with E-state index in [-0.39, 0.29) is 32.6 Å². The molecular formula is C65H118NO8P. The number of phosphoric ester groups is 1. The lowest BCUT2D eigenvalue weighted by Gasteiger charge is -2.19. The van der Waals surface area contributed by atoms with Gasteiger partial charge in [-0.2, -0.15) is 0 Å². The standard InChI is InChI=1S/C65H118NO8P/c1-3-5-7-9-11-13-15-17-18-19-20-21-22-23-24-25-26-27-28-29-30-31-32-33-34-35-36-37-38-39-40-41-42-43-44-46-47-49-51-53-55-57-64(67)71-61-63(62-73-75(69,70)72-60-59-66)74-65(68)58-56-54-52-50-48-45-16-14-12-10-8-6-4-2/h6,8,12,14-15,17,19-20,45,48,52,54,63H,3-5,7,9-11,13,16,18,21-44,46-47,49-51,53,55-62,66H2,1-2H3,(H,69,70)/b8-6-,14-12-,17-15-,20-19-,48-45-,54-52-. The Balaban J connectivity index is 3.72. The number of phosphoric acid groups is 1. The number of allylic oxidation sites excluding steroid dienone is 12. The van der Waals surface area contributed by atoms with Crippen LogP contribution in [0.3, 0.4) is 0 Å². The summed E-state index contributed by atoms with van der Waals surface area (Å²) in [5.74, 6) is -0.916. The third-order valence-corrected chi connectivity index (χ3v) is 14.6. The number of nitrogens with two attached hydrogens (primary N) is 1. The average molecular weight is 1070 g/mol. The Labute approximate surface area is 462 Å². The van der Waals surface area contributed by atoms with Crippen LogP contribution in [-0.2, 0) is 32.7 Å². The molecule has 9 nitrogen and oxygen atoms in total. The van der Waals surface area contributed by atoms with E-state index in [0.717, 1.165) is 51.4 Å². The number of rotatable bonds is 59. The summed E-state index contributed by atoms with van der Waals surface area (Å²) in [5.41, 5.74) is 5.36. The van der Waals surface area contributed by atoms with Crippen molar-refractivity contribution >= 4 is 19.8 Å². The highest BCUT2D eigenvalue weighted by Crippen LogP contribution is 2.43. The Morgan fingerprint density at radius 1 is 0.413 bits per heavy atom. The maximum Gasteiger partial charge on any atom is 0.472 e. The fourth-order valence-electron chi connectivity index (χ4n) is 8.98. The monoisotopic (exact) mass is 1070 g/mol. The van der Waals surface area contributed by atoms with Crippen LogP contribution < -0.4 is 5.73 Å². The largest absolute Gasteiger partial charge is 0.472 e. The average Bonchev–Trinajstić information content (AvgIpc) is 3.40. The third-order valence-electron chi connectivity index (χ3n) is 13.6. The smallest absolute Gasteiger partial charge is 0.462 e. The molecule has 0 aliphatic carbocycles. The molecule has 2 atom stereocenters. The molecule has 0 radical (unpaired) electrons. The third kappa shape index (κ3) is 60.5. The zero-order valence-electron chi connectivity index (χ0n) is 48.8. The second-order valence-corrected chi connectivity index (χ2v) is 22.3. The number of carbonyl (C=O) groups excluding carboxylic acids is 2. The number of hydrogen-bond acceptors (Lipinski definition) is 8. The summed E-state index contributed by atoms with van der Waals surface area (Å²) >= 11 is 0. The van der Waals surface area contributed by atoms with Gasteiger partial charge in [0, 0.05) is 19.4 Å². The van der Waals surface area contributed by atoms with Crippen molar-refractivity contribution in [2.75, 3.05) is 26.4 Å². The highest BCUT2D eigenvalue weighted by atomic mass is 31.2. The van der Waals surface area contributed by atoms with Crippen LogP contribution in [0.15, 0.2) is 72.9 Å². The van der Waals surface area contributed by atoms with Crippen molar-refractivity contribution < 1.29 is 37.6 Å². The molecule has 0 aromatic heterocycles. The molecule has 0 aromatic carbocycles. The van der Waals surface area contributed by atoms with E-state index in [1.54, 1.807) is 0 Å². The van der Waals surface area contributed by atoms with Gasteiger partial charge in [-0.1, -0.05) is 286 Å². The van der Waals surface area contributed by atoms with Crippen molar-refractivity contribution in [2.24, 2.45) is 5.73 Å². The van der Waals surface area contributed by atoms with Crippen molar-refractivity contribution in [2.45, 2.75) is 302 Å². The Hall–Kier alpha value is -2.55. The Bertz CT molecular complexity index is 1460. The normalized spacial score (nSPS) is 13.5. The quantitative estimate of drug-likeness (QED) is 0.0264. The summed E-state index contributed by atoms with van der Waals surface area (Å²) in [6.45, 7) is 3.55. The predicted octanol–water partition coefficient (Wildman–Crippen LogP) is 20.1. The maximum absolute atomic E-state index is 12.6. The molecule has 436 valence electrons. The first-order chi connectivity index (χ1) is 36.8. The summed E-state index contributed by atoms with van der Waals surface area (Å²) < 4.78 is 32.8. The molecule has 0 saturated carbocycles. The Morgan fingerprint density at radius 2 is 0.760 bits per heavy atom. The highest BCUT2D eigenvalue weighted by molar-refractivity contribution is 7.47. The molecule has 3 N–H and O–H groups in total. The van der Waals surface area contributed by atoms with Gasteiger partial charge in [0.25, 0.3) is 0 Å². The van der Waals surface area contributed by atoms with Gasteiger partial charge in [0.2, 0.25) is 0 Å². The SMILES string of the molecule is CC/C=C\C/C=C\C/C=C\C/C=C\CCC(=O)OC(COC(=O)CCCCCCCCCCCCCCCCCCCCCCCCCCCCCCC/C=C\C/C=C\CCCCCCC)COP(=O)(O)OCCN. The molecule has 0 fully saturated rings. The zero-order valence-corrected chi connectivity index (χ0v) is 49.7. The lowest BCUT2D eigenvalue weighted by Crippen LogP contribution is -2.29. The molecule has 0 bridgehead atoms. The van der Waals surface area contributed by atoms with Crippen molar-refractivity contribution in [3.05, 3.63) is 72.9 Å². The summed E-state index contributed by atoms with van der Waals surface area (Å²) in [4.78, 5) is 35.0. The Morgan fingerprint density at radius 3 is 1.15 bits per heavy atom. The van der Waals surface area contributed by atoms with E-state index in [0.29, 0.717) is 6.42 Å². The molecule has 0 aliphatic heterocycles. The van der Waals surface area contributed by atoms with Gasteiger partial charge in [0.05, 0.1) is 13.2 Å². The van der Waals surface area contributed by atoms with E-state index in [9.17, 15) is 19.0 Å². The van der Waals surface area contributed by atoms with Crippen molar-refractivity contribution in [3.8, 4) is 0 Å². The van der Waals surface area contributed by atoms with Gasteiger partial charge in [-0.05, 0) is 70.6 Å². The van der Waals surface area contributed by atoms with E-state index in [1.165, 1.54) is 212 Å². The van der Waals surface area contributed by atoms with E-state index in [1.807, 2.05) is 12.2 Å². The number of carbonyl (C=O) groups is 2. The highest BCUT2D eigenvalue weighted by Gasteiger charge is 2.26. The molecule has 75 heavy (non-hydrogen) atoms. The fourth-order valence-corrected chi connectivity index (χ4v) is 9.74. The van der Waals surface area contributed by atoms with Crippen LogP contribution in [0.1, 0.15) is 296 Å². The van der Waals surface area contributed by atoms with E-state index in [4.69, 9.17) is 24.3 Å². The minimum atomic E-state index is -4.40. The first kappa shape index (κ1) is 72.5. The molecule has 0 saturated heterocycles. The molecule has 0 amide bonds. The molecule has 10 heteroatoms. The minimum Gasteiger partial charge on any atom is -0.462 e. The molecule has 0 aliphatic rings. The number of esters is 2. The van der Waals surface area contributed by atoms with Gasteiger partial charge >= 0.3 is 19.8 Å². The van der Waals surface area contributed by atoms with E-state index < -0.39 is 32.5 Å². The zero-order chi connectivity index (χ0) is 54.5. The van der Waals surface area contributed by atoms with Crippen molar-refractivity contribution in [1.82, 2.24) is 0 Å². The van der Waals surface area contributed by atoms with Crippen LogP contribution in [0.5, 0.6) is 0 Å². The first-order valence-corrected chi connectivity index (χ1v) is 32.9. The fraction of sp³-hybridized carbons (Fsp3) is 0.785. The second-order valence-electron chi connectivity index (χ2n) is 20.9. The van der Waals surface area contributed by atoms with Gasteiger partial charge in [-0.3, -0.25) is 18.6 Å². The van der Waals surface area contributed by atoms with Crippen molar-refractivity contribution in [1.29, 1.82) is 0 Å². The molecule has 2 unspecified atom stereocenters. The summed E-state index contributed by atoms with van der Waals surface area (Å²) in [7, 11) is -4.40. The van der Waals surface area contributed by atoms with Crippen LogP contribution in [0.4, 0.5) is 0 Å². The minimum absolute atomic E-state index is 0.0417. The van der Waals surface area contributed by atoms with Gasteiger partial charge < -0.3 is 20.1 Å². The molecule has 0 rings (SSSR count). The van der Waals surface area contributed by atoms with Crippen LogP contribution >= 0.6 is 7.82 Å². The number of hydrogen-bond donors (Lipinski definition) is 2. The van der Waals surface area contributed by atoms with Crippen LogP contribution in [0.25, 0.3) is 0 Å². The lowest BCUT2D eigenvalue weighted by molar-refractivity contribution is -0.161. The molecule has 0 spiro atoms. The summed E-state index contributed by atoms with van der Waals surface area (Å²) in [6.07, 6.45) is 79.0. The summed E-state index contributed by atoms with van der Waals surface area (Å²) in [5, 5.41) is 0. The lowest BCUT2D eigenvalue weighted by atomic mass is 10.0. The van der Waals surface area contributed by atoms with Gasteiger partial charge in [-0.15, -0.1) is 0 Å². The summed E-state index contributed by atoms with van der Waals surface area (Å²) in [6, 6.07) is 0. The van der Waals surface area contributed by atoms with E-state index >= 15 is 0 Å². The van der Waals surface area contributed by atoms with Gasteiger partial charge in [-0.25, -0.2) is 4.57 Å². The van der Waals surface area contributed by atoms with Gasteiger partial charge in [0.15, 0.2) is 6.10 Å². The first-order valence-electron chi connectivity index (χ1n) is 31.4. The van der Waals surface area contributed by atoms with Gasteiger partial charge in [0.1, 0.15) is 6.61 Å². The molecular weight excluding hydrogens is 954 g/mol. The molecule has 0 aromatic rings. The Kier molecular flexibility index (Phi) is 58.6. The maximum atomic E-state index is 12.6. The van der Waals surface area contributed by atoms with E-state index in [2.05, 4.69) is 74.6 Å². The van der Waals surface area contributed by atoms with Crippen LogP contribution in [0, 0.1) is 0 Å². The second kappa shape index (κ2) is 60.7. The number of ether oxygens (including phenoxy) is 2. The van der Waals surface area contributed by atoms with Crippen molar-refractivity contribution in [3.63, 3.8) is 0 Å².